The highest BCUT2D eigenvalue weighted by Gasteiger charge is 2.33. The Hall–Kier alpha value is -1.16. The summed E-state index contributed by atoms with van der Waals surface area (Å²) < 4.78 is 4.44. The summed E-state index contributed by atoms with van der Waals surface area (Å²) in [5.74, 6) is 2.17. The van der Waals surface area contributed by atoms with Crippen LogP contribution in [0.25, 0.3) is 16.6 Å². The van der Waals surface area contributed by atoms with Crippen LogP contribution in [0.3, 0.4) is 0 Å². The summed E-state index contributed by atoms with van der Waals surface area (Å²) in [7, 11) is 0. The van der Waals surface area contributed by atoms with Crippen molar-refractivity contribution in [1.29, 1.82) is 0 Å². The third-order valence-corrected chi connectivity index (χ3v) is 8.21. The van der Waals surface area contributed by atoms with E-state index in [0.717, 1.165) is 66.5 Å². The number of aliphatic hydroxyl groups is 1. The molecule has 0 radical (unpaired) electrons. The Morgan fingerprint density at radius 3 is 2.06 bits per heavy atom. The van der Waals surface area contributed by atoms with Crippen LogP contribution in [0.15, 0.2) is 42.2 Å². The van der Waals surface area contributed by atoms with Crippen molar-refractivity contribution in [2.24, 2.45) is 0 Å². The van der Waals surface area contributed by atoms with Crippen LogP contribution in [-0.2, 0) is 13.1 Å². The first-order valence-electron chi connectivity index (χ1n) is 11.9. The number of aryl methyl sites for hydroxylation is 1. The Balaban J connectivity index is 0.00000304. The maximum atomic E-state index is 9.83. The number of imidazole rings is 1. The van der Waals surface area contributed by atoms with Gasteiger partial charge in [-0.05, 0) is 51.0 Å². The average Bonchev–Trinajstić information content (AvgIpc) is 3.30. The molecule has 0 saturated heterocycles. The zero-order chi connectivity index (χ0) is 24.9. The molecule has 1 aromatic heterocycles. The van der Waals surface area contributed by atoms with Crippen LogP contribution in [0, 0.1) is 0 Å². The number of fused-ring (bicyclic) bond motifs is 4. The molecule has 5 nitrogen and oxygen atoms in total. The lowest BCUT2D eigenvalue weighted by atomic mass is 10.0. The molecule has 3 heterocycles. The largest absolute Gasteiger partial charge is 1.00 e. The number of rotatable bonds is 5. The molecule has 3 aromatic rings. The van der Waals surface area contributed by atoms with Crippen molar-refractivity contribution in [2.75, 3.05) is 29.5 Å². The van der Waals surface area contributed by atoms with E-state index >= 15 is 0 Å². The lowest BCUT2D eigenvalue weighted by Gasteiger charge is -2.23. The van der Waals surface area contributed by atoms with Crippen LogP contribution in [0.5, 0.6) is 0 Å². The first-order chi connectivity index (χ1) is 16.9. The van der Waals surface area contributed by atoms with E-state index in [-0.39, 0.29) is 30.6 Å². The number of aromatic nitrogens is 2. The molecule has 1 N–H and O–H groups in total. The van der Waals surface area contributed by atoms with Gasteiger partial charge in [0.25, 0.3) is 5.82 Å². The molecule has 0 bridgehead atoms. The minimum atomic E-state index is 0. The van der Waals surface area contributed by atoms with Gasteiger partial charge in [-0.25, -0.2) is 9.13 Å². The summed E-state index contributed by atoms with van der Waals surface area (Å²) in [5, 5.41) is 12.0. The molecule has 0 spiro atoms. The van der Waals surface area contributed by atoms with Crippen molar-refractivity contribution in [3.8, 4) is 0 Å². The second-order valence-corrected chi connectivity index (χ2v) is 10.3. The lowest BCUT2D eigenvalue weighted by Crippen LogP contribution is -3.00. The minimum Gasteiger partial charge on any atom is -1.00 e. The molecule has 0 fully saturated rings. The van der Waals surface area contributed by atoms with Crippen LogP contribution in [0.1, 0.15) is 32.5 Å². The number of anilines is 2. The first-order valence-corrected chi connectivity index (χ1v) is 13.4. The standard InChI is InChI=1S/C26H27Cl4N4O.HI/c1-3-31-21-12-17(27)18(28)13-22(21)32(4-2)25(31)8-7-16-6-5-9-33-23-14-19(29)20(30)15-24(23)34(10-11-35)26(16)33;/h7-8,12-15,35H,3-6,9-11H2,1-2H3;1H/q+1;/p-1. The van der Waals surface area contributed by atoms with Crippen molar-refractivity contribution in [1.82, 2.24) is 4.57 Å². The van der Waals surface area contributed by atoms with E-state index in [9.17, 15) is 5.11 Å². The van der Waals surface area contributed by atoms with E-state index in [1.54, 1.807) is 0 Å². The van der Waals surface area contributed by atoms with Gasteiger partial charge in [-0.3, -0.25) is 0 Å². The summed E-state index contributed by atoms with van der Waals surface area (Å²) in [6.45, 7) is 7.28. The predicted molar refractivity (Wildman–Crippen MR) is 147 cm³/mol. The van der Waals surface area contributed by atoms with E-state index in [0.29, 0.717) is 26.6 Å². The number of halogens is 5. The second-order valence-electron chi connectivity index (χ2n) is 8.67. The van der Waals surface area contributed by atoms with E-state index in [2.05, 4.69) is 44.9 Å². The van der Waals surface area contributed by atoms with Gasteiger partial charge in [0.15, 0.2) is 11.0 Å². The smallest absolute Gasteiger partial charge is 0.285 e. The number of aliphatic hydroxyl groups excluding tert-OH is 1. The second kappa shape index (κ2) is 11.3. The Labute approximate surface area is 248 Å². The molecule has 192 valence electrons. The number of allylic oxidation sites excluding steroid dienone is 3. The molecular weight excluding hydrogens is 653 g/mol. The molecule has 36 heavy (non-hydrogen) atoms. The monoisotopic (exact) mass is 678 g/mol. The van der Waals surface area contributed by atoms with E-state index in [1.807, 2.05) is 24.3 Å². The van der Waals surface area contributed by atoms with Crippen molar-refractivity contribution < 1.29 is 33.7 Å². The SMILES string of the molecule is CCN1C(=CC=C2CCC[n+]3c2n(CCO)c2cc(Cl)c(Cl)cc23)N(CC)c2cc(Cl)c(Cl)cc21.[I-]. The van der Waals surface area contributed by atoms with E-state index < -0.39 is 0 Å². The topological polar surface area (TPSA) is 35.5 Å². The predicted octanol–water partition coefficient (Wildman–Crippen LogP) is 3.92. The Bertz CT molecular complexity index is 1350. The number of hydrogen-bond acceptors (Lipinski definition) is 3. The van der Waals surface area contributed by atoms with Crippen LogP contribution in [-0.4, -0.2) is 29.4 Å². The van der Waals surface area contributed by atoms with Gasteiger partial charge < -0.3 is 38.9 Å². The number of hydrogen-bond donors (Lipinski definition) is 1. The molecular formula is C26H27Cl4IN4O. The van der Waals surface area contributed by atoms with E-state index in [4.69, 9.17) is 46.4 Å². The number of nitrogens with zero attached hydrogens (tertiary/aromatic N) is 4. The van der Waals surface area contributed by atoms with Crippen molar-refractivity contribution in [3.05, 3.63) is 68.2 Å². The molecule has 0 atom stereocenters. The third-order valence-electron chi connectivity index (χ3n) is 6.77. The van der Waals surface area contributed by atoms with Gasteiger partial charge in [-0.15, -0.1) is 0 Å². The van der Waals surface area contributed by atoms with Gasteiger partial charge in [0.2, 0.25) is 0 Å². The highest BCUT2D eigenvalue weighted by Crippen LogP contribution is 2.45. The van der Waals surface area contributed by atoms with Crippen molar-refractivity contribution >= 4 is 74.4 Å². The first kappa shape index (κ1) is 27.9. The lowest BCUT2D eigenvalue weighted by molar-refractivity contribution is -0.678. The van der Waals surface area contributed by atoms with Crippen LogP contribution in [0.2, 0.25) is 20.1 Å². The molecule has 2 aliphatic heterocycles. The van der Waals surface area contributed by atoms with E-state index in [1.165, 1.54) is 5.57 Å². The van der Waals surface area contributed by atoms with Gasteiger partial charge >= 0.3 is 0 Å². The van der Waals surface area contributed by atoms with Crippen molar-refractivity contribution in [3.63, 3.8) is 0 Å². The fourth-order valence-electron chi connectivity index (χ4n) is 5.30. The van der Waals surface area contributed by atoms with Crippen LogP contribution in [0.4, 0.5) is 11.4 Å². The molecule has 0 aliphatic carbocycles. The molecule has 0 saturated carbocycles. The zero-order valence-corrected chi connectivity index (χ0v) is 25.2. The summed E-state index contributed by atoms with van der Waals surface area (Å²) in [6.07, 6.45) is 6.35. The number of benzene rings is 2. The normalized spacial score (nSPS) is 16.0. The highest BCUT2D eigenvalue weighted by atomic mass is 127. The molecule has 5 rings (SSSR count). The Kier molecular flexibility index (Phi) is 8.74. The average molecular weight is 680 g/mol. The van der Waals surface area contributed by atoms with Gasteiger partial charge in [0.1, 0.15) is 12.4 Å². The van der Waals surface area contributed by atoms with Crippen LogP contribution >= 0.6 is 46.4 Å². The summed E-state index contributed by atoms with van der Waals surface area (Å²) in [4.78, 5) is 4.52. The summed E-state index contributed by atoms with van der Waals surface area (Å²) >= 11 is 25.5. The summed E-state index contributed by atoms with van der Waals surface area (Å²) in [6, 6.07) is 7.72. The fraction of sp³-hybridized carbons (Fsp3) is 0.346. The molecule has 2 aromatic carbocycles. The third kappa shape index (κ3) is 4.63. The molecule has 0 amide bonds. The quantitative estimate of drug-likeness (QED) is 0.328. The van der Waals surface area contributed by atoms with Gasteiger partial charge in [-0.2, -0.15) is 0 Å². The maximum absolute atomic E-state index is 9.83. The van der Waals surface area contributed by atoms with Crippen LogP contribution < -0.4 is 38.3 Å². The molecule has 0 unspecified atom stereocenters. The Morgan fingerprint density at radius 1 is 0.889 bits per heavy atom. The zero-order valence-electron chi connectivity index (χ0n) is 20.0. The van der Waals surface area contributed by atoms with Gasteiger partial charge in [0.05, 0.1) is 44.6 Å². The maximum Gasteiger partial charge on any atom is 0.285 e. The molecule has 10 heteroatoms. The van der Waals surface area contributed by atoms with Gasteiger partial charge in [0, 0.05) is 30.8 Å². The van der Waals surface area contributed by atoms with Gasteiger partial charge in [-0.1, -0.05) is 46.4 Å². The summed E-state index contributed by atoms with van der Waals surface area (Å²) in [5.41, 5.74) is 5.34. The molecule has 2 aliphatic rings. The highest BCUT2D eigenvalue weighted by molar-refractivity contribution is 6.43. The minimum absolute atomic E-state index is 0. The fourth-order valence-corrected chi connectivity index (χ4v) is 5.93. The Morgan fingerprint density at radius 2 is 1.47 bits per heavy atom. The van der Waals surface area contributed by atoms with Crippen molar-refractivity contribution in [2.45, 2.75) is 39.8 Å².